The number of halogens is 1. The van der Waals surface area contributed by atoms with Crippen LogP contribution < -0.4 is 0 Å². The summed E-state index contributed by atoms with van der Waals surface area (Å²) in [6.45, 7) is 18.0. The molecule has 0 unspecified atom stereocenters. The van der Waals surface area contributed by atoms with Gasteiger partial charge in [-0.3, -0.25) is 0 Å². The Morgan fingerprint density at radius 3 is 2.40 bits per heavy atom. The van der Waals surface area contributed by atoms with Crippen LogP contribution >= 0.6 is 0 Å². The lowest BCUT2D eigenvalue weighted by molar-refractivity contribution is 0.0285. The zero-order valence-electron chi connectivity index (χ0n) is 19.7. The summed E-state index contributed by atoms with van der Waals surface area (Å²) in [5.41, 5.74) is -0.0460. The first kappa shape index (κ1) is 24.7. The number of phenols is 1. The molecule has 7 heteroatoms. The van der Waals surface area contributed by atoms with Crippen molar-refractivity contribution in [3.05, 3.63) is 29.6 Å². The Bertz CT molecular complexity index is 755. The van der Waals surface area contributed by atoms with Crippen LogP contribution in [0, 0.1) is 11.7 Å². The number of hydrogen-bond donors (Lipinski definition) is 1. The summed E-state index contributed by atoms with van der Waals surface area (Å²) in [5, 5.41) is 10.4. The molecule has 1 aromatic rings. The van der Waals surface area contributed by atoms with Gasteiger partial charge in [-0.15, -0.1) is 0 Å². The molecule has 1 aliphatic heterocycles. The molecule has 1 N–H and O–H groups in total. The first-order chi connectivity index (χ1) is 13.6. The number of carbonyl (C=O) groups is 1. The minimum absolute atomic E-state index is 0.0509. The van der Waals surface area contributed by atoms with Crippen LogP contribution in [0.4, 0.5) is 9.18 Å². The number of likely N-dealkylation sites (tertiary alicyclic amines) is 1. The first-order valence-corrected chi connectivity index (χ1v) is 13.6. The molecule has 2 rings (SSSR count). The van der Waals surface area contributed by atoms with Gasteiger partial charge in [-0.05, 0) is 57.3 Å². The van der Waals surface area contributed by atoms with Crippen molar-refractivity contribution >= 4 is 14.4 Å². The van der Waals surface area contributed by atoms with Crippen LogP contribution in [-0.2, 0) is 9.16 Å². The molecule has 0 aromatic heterocycles. The fourth-order valence-electron chi connectivity index (χ4n) is 3.50. The van der Waals surface area contributed by atoms with E-state index in [-0.39, 0.29) is 28.7 Å². The van der Waals surface area contributed by atoms with Crippen molar-refractivity contribution in [2.24, 2.45) is 5.92 Å². The summed E-state index contributed by atoms with van der Waals surface area (Å²) in [5.74, 6) is -1.09. The molecule has 1 fully saturated rings. The van der Waals surface area contributed by atoms with E-state index in [0.717, 1.165) is 6.42 Å². The molecule has 1 amide bonds. The lowest BCUT2D eigenvalue weighted by Gasteiger charge is -2.36. The number of hydrogen-bond acceptors (Lipinski definition) is 4. The standard InChI is InChI=1S/C23H38FNO4Si/c1-22(2,3)29-21(27)25-14-16(12-13-28-30(7,8)23(4,5)6)18(15-25)17-10-9-11-19(24)20(17)26/h9-11,16,18,26H,12-15H2,1-8H3/t16-,18-/m1/s1. The summed E-state index contributed by atoms with van der Waals surface area (Å²) in [4.78, 5) is 14.3. The summed E-state index contributed by atoms with van der Waals surface area (Å²) < 4.78 is 25.9. The number of para-hydroxylation sites is 1. The summed E-state index contributed by atoms with van der Waals surface area (Å²) >= 11 is 0. The van der Waals surface area contributed by atoms with Crippen molar-refractivity contribution in [3.8, 4) is 5.75 Å². The molecule has 1 aromatic carbocycles. The van der Waals surface area contributed by atoms with Gasteiger partial charge in [0.1, 0.15) is 5.60 Å². The molecule has 170 valence electrons. The van der Waals surface area contributed by atoms with Crippen LogP contribution in [0.25, 0.3) is 0 Å². The van der Waals surface area contributed by atoms with Crippen molar-refractivity contribution in [1.82, 2.24) is 4.90 Å². The van der Waals surface area contributed by atoms with Gasteiger partial charge in [0.25, 0.3) is 0 Å². The van der Waals surface area contributed by atoms with E-state index in [4.69, 9.17) is 9.16 Å². The molecular formula is C23H38FNO4Si. The van der Waals surface area contributed by atoms with E-state index in [9.17, 15) is 14.3 Å². The Morgan fingerprint density at radius 1 is 1.20 bits per heavy atom. The highest BCUT2D eigenvalue weighted by atomic mass is 28.4. The van der Waals surface area contributed by atoms with Crippen molar-refractivity contribution in [2.45, 2.75) is 77.6 Å². The maximum atomic E-state index is 14.0. The SMILES string of the molecule is CC(C)(C)OC(=O)N1C[C@@H](CCO[Si](C)(C)C(C)(C)C)[C@H](c2cccc(F)c2O)C1. The average molecular weight is 440 g/mol. The fourth-order valence-corrected chi connectivity index (χ4v) is 4.57. The minimum Gasteiger partial charge on any atom is -0.505 e. The zero-order chi connectivity index (χ0) is 22.9. The first-order valence-electron chi connectivity index (χ1n) is 10.7. The predicted octanol–water partition coefficient (Wildman–Crippen LogP) is 5.89. The molecular weight excluding hydrogens is 401 g/mol. The molecule has 1 aliphatic rings. The van der Waals surface area contributed by atoms with Gasteiger partial charge in [0.15, 0.2) is 19.9 Å². The third kappa shape index (κ3) is 5.97. The van der Waals surface area contributed by atoms with Crippen LogP contribution in [0.5, 0.6) is 5.75 Å². The predicted molar refractivity (Wildman–Crippen MR) is 120 cm³/mol. The minimum atomic E-state index is -1.88. The molecule has 0 radical (unpaired) electrons. The molecule has 0 spiro atoms. The lowest BCUT2D eigenvalue weighted by Crippen LogP contribution is -2.41. The van der Waals surface area contributed by atoms with Crippen molar-refractivity contribution in [2.75, 3.05) is 19.7 Å². The second kappa shape index (κ2) is 8.87. The topological polar surface area (TPSA) is 59.0 Å². The summed E-state index contributed by atoms with van der Waals surface area (Å²) in [6.07, 6.45) is 0.350. The third-order valence-electron chi connectivity index (χ3n) is 6.27. The Kier molecular flexibility index (Phi) is 7.29. The molecule has 0 aliphatic carbocycles. The van der Waals surface area contributed by atoms with Crippen molar-refractivity contribution in [3.63, 3.8) is 0 Å². The highest BCUT2D eigenvalue weighted by Gasteiger charge is 2.41. The van der Waals surface area contributed by atoms with Crippen LogP contribution in [0.3, 0.4) is 0 Å². The number of rotatable bonds is 5. The molecule has 1 heterocycles. The van der Waals surface area contributed by atoms with E-state index in [2.05, 4.69) is 33.9 Å². The smallest absolute Gasteiger partial charge is 0.410 e. The maximum Gasteiger partial charge on any atom is 0.410 e. The number of ether oxygens (including phenoxy) is 1. The molecule has 0 bridgehead atoms. The number of amides is 1. The quantitative estimate of drug-likeness (QED) is 0.581. The van der Waals surface area contributed by atoms with E-state index in [1.807, 2.05) is 20.8 Å². The monoisotopic (exact) mass is 439 g/mol. The number of aromatic hydroxyl groups is 1. The fraction of sp³-hybridized carbons (Fsp3) is 0.696. The summed E-state index contributed by atoms with van der Waals surface area (Å²) in [6, 6.07) is 4.59. The van der Waals surface area contributed by atoms with Crippen LogP contribution in [-0.4, -0.2) is 49.7 Å². The molecule has 1 saturated heterocycles. The third-order valence-corrected chi connectivity index (χ3v) is 10.8. The van der Waals surface area contributed by atoms with Gasteiger partial charge in [-0.2, -0.15) is 0 Å². The van der Waals surface area contributed by atoms with Gasteiger partial charge in [0, 0.05) is 31.2 Å². The van der Waals surface area contributed by atoms with Gasteiger partial charge in [0.2, 0.25) is 0 Å². The molecule has 2 atom stereocenters. The Labute approximate surface area is 181 Å². The second-order valence-electron chi connectivity index (χ2n) is 10.8. The van der Waals surface area contributed by atoms with Crippen LogP contribution in [0.15, 0.2) is 18.2 Å². The number of nitrogens with zero attached hydrogens (tertiary/aromatic N) is 1. The van der Waals surface area contributed by atoms with Gasteiger partial charge in [-0.1, -0.05) is 32.9 Å². The van der Waals surface area contributed by atoms with Crippen LogP contribution in [0.1, 0.15) is 59.4 Å². The highest BCUT2D eigenvalue weighted by Crippen LogP contribution is 2.41. The molecule has 5 nitrogen and oxygen atoms in total. The van der Waals surface area contributed by atoms with E-state index in [0.29, 0.717) is 25.3 Å². The van der Waals surface area contributed by atoms with Crippen LogP contribution in [0.2, 0.25) is 18.1 Å². The average Bonchev–Trinajstić information content (AvgIpc) is 2.99. The maximum absolute atomic E-state index is 14.0. The van der Waals surface area contributed by atoms with Gasteiger partial charge in [-0.25, -0.2) is 9.18 Å². The highest BCUT2D eigenvalue weighted by molar-refractivity contribution is 6.74. The van der Waals surface area contributed by atoms with E-state index >= 15 is 0 Å². The zero-order valence-corrected chi connectivity index (χ0v) is 20.7. The lowest BCUT2D eigenvalue weighted by atomic mass is 9.86. The molecule has 0 saturated carbocycles. The van der Waals surface area contributed by atoms with Gasteiger partial charge >= 0.3 is 6.09 Å². The van der Waals surface area contributed by atoms with Crippen molar-refractivity contribution < 1.29 is 23.5 Å². The Morgan fingerprint density at radius 2 is 1.83 bits per heavy atom. The van der Waals surface area contributed by atoms with Gasteiger partial charge < -0.3 is 19.2 Å². The number of benzene rings is 1. The van der Waals surface area contributed by atoms with Crippen molar-refractivity contribution in [1.29, 1.82) is 0 Å². The normalized spacial score (nSPS) is 20.5. The Balaban J connectivity index is 2.19. The van der Waals surface area contributed by atoms with E-state index in [1.54, 1.807) is 17.0 Å². The Hall–Kier alpha value is -1.60. The number of carbonyl (C=O) groups excluding carboxylic acids is 1. The van der Waals surface area contributed by atoms with E-state index in [1.165, 1.54) is 6.07 Å². The largest absolute Gasteiger partial charge is 0.505 e. The second-order valence-corrected chi connectivity index (χ2v) is 15.6. The van der Waals surface area contributed by atoms with Gasteiger partial charge in [0.05, 0.1) is 0 Å². The molecule has 30 heavy (non-hydrogen) atoms. The number of phenolic OH excluding ortho intramolecular Hbond substituents is 1. The summed E-state index contributed by atoms with van der Waals surface area (Å²) in [7, 11) is -1.88. The van der Waals surface area contributed by atoms with E-state index < -0.39 is 19.7 Å².